The fourth-order valence-electron chi connectivity index (χ4n) is 4.81. The maximum Gasteiger partial charge on any atom is 0.339 e. The highest BCUT2D eigenvalue weighted by molar-refractivity contribution is 6.08. The van der Waals surface area contributed by atoms with Gasteiger partial charge in [0.2, 0.25) is 0 Å². The van der Waals surface area contributed by atoms with Crippen LogP contribution in [0.3, 0.4) is 0 Å². The molecule has 1 fully saturated rings. The summed E-state index contributed by atoms with van der Waals surface area (Å²) in [5.74, 6) is -0.895. The standard InChI is InChI=1S/C27H28N4O2/c1-27(2)12-11-20-16-29-31(25(20)27)22-8-4-6-19(14-22)18-5-3-7-21(13-18)30-24(17-9-10-17)23(15-28)26(32)33/h3-8,13-17,28,30H,9-12H2,1-2H3,(H,32,33)/b24-23+,28-15?. The van der Waals surface area contributed by atoms with Gasteiger partial charge in [0.15, 0.2) is 0 Å². The van der Waals surface area contributed by atoms with Crippen molar-refractivity contribution in [2.45, 2.75) is 44.9 Å². The number of aliphatic carboxylic acids is 1. The van der Waals surface area contributed by atoms with Crippen molar-refractivity contribution in [3.63, 3.8) is 0 Å². The Morgan fingerprint density at radius 3 is 2.61 bits per heavy atom. The van der Waals surface area contributed by atoms with Crippen molar-refractivity contribution in [3.8, 4) is 16.8 Å². The van der Waals surface area contributed by atoms with E-state index in [4.69, 9.17) is 5.41 Å². The summed E-state index contributed by atoms with van der Waals surface area (Å²) >= 11 is 0. The fraction of sp³-hybridized carbons (Fsp3) is 0.296. The molecule has 168 valence electrons. The minimum atomic E-state index is -1.07. The van der Waals surface area contributed by atoms with E-state index >= 15 is 0 Å². The number of fused-ring (bicyclic) bond motifs is 1. The Kier molecular flexibility index (Phi) is 5.16. The lowest BCUT2D eigenvalue weighted by molar-refractivity contribution is -0.132. The van der Waals surface area contributed by atoms with Crippen molar-refractivity contribution in [2.75, 3.05) is 5.32 Å². The molecular weight excluding hydrogens is 412 g/mol. The molecule has 0 radical (unpaired) electrons. The van der Waals surface area contributed by atoms with E-state index < -0.39 is 5.97 Å². The number of carboxylic acid groups (broad SMARTS) is 1. The van der Waals surface area contributed by atoms with Crippen LogP contribution in [0.4, 0.5) is 5.69 Å². The van der Waals surface area contributed by atoms with Crippen molar-refractivity contribution in [1.82, 2.24) is 9.78 Å². The number of carbonyl (C=O) groups is 1. The number of hydrogen-bond acceptors (Lipinski definition) is 4. The normalized spacial score (nSPS) is 17.3. The predicted molar refractivity (Wildman–Crippen MR) is 130 cm³/mol. The molecule has 6 heteroatoms. The molecule has 0 spiro atoms. The maximum atomic E-state index is 11.6. The Morgan fingerprint density at radius 1 is 1.18 bits per heavy atom. The monoisotopic (exact) mass is 440 g/mol. The largest absolute Gasteiger partial charge is 0.478 e. The van der Waals surface area contributed by atoms with E-state index in [1.165, 1.54) is 11.3 Å². The molecule has 2 aliphatic rings. The first-order valence-corrected chi connectivity index (χ1v) is 11.4. The molecule has 0 saturated heterocycles. The third-order valence-corrected chi connectivity index (χ3v) is 6.72. The van der Waals surface area contributed by atoms with Gasteiger partial charge < -0.3 is 15.8 Å². The molecule has 5 rings (SSSR count). The van der Waals surface area contributed by atoms with Crippen molar-refractivity contribution in [3.05, 3.63) is 77.3 Å². The molecule has 6 nitrogen and oxygen atoms in total. The van der Waals surface area contributed by atoms with E-state index in [2.05, 4.69) is 53.2 Å². The van der Waals surface area contributed by atoms with Gasteiger partial charge in [-0.3, -0.25) is 0 Å². The minimum absolute atomic E-state index is 0.0278. The van der Waals surface area contributed by atoms with Crippen LogP contribution >= 0.6 is 0 Å². The number of nitrogens with one attached hydrogen (secondary N) is 2. The number of aromatic nitrogens is 2. The summed E-state index contributed by atoms with van der Waals surface area (Å²) < 4.78 is 2.07. The van der Waals surface area contributed by atoms with E-state index in [0.29, 0.717) is 5.70 Å². The first-order valence-electron chi connectivity index (χ1n) is 11.4. The Balaban J connectivity index is 1.48. The SMILES string of the molecule is CC1(C)CCc2cnn(-c3cccc(-c4cccc(N/C(=C(\C=N)C(=O)O)C5CC5)c4)c3)c21. The Bertz CT molecular complexity index is 1280. The van der Waals surface area contributed by atoms with E-state index in [0.717, 1.165) is 54.4 Å². The second-order valence-electron chi connectivity index (χ2n) is 9.62. The summed E-state index contributed by atoms with van der Waals surface area (Å²) in [5, 5.41) is 25.0. The fourth-order valence-corrected chi connectivity index (χ4v) is 4.81. The molecule has 0 atom stereocenters. The van der Waals surface area contributed by atoms with Gasteiger partial charge in [-0.15, -0.1) is 0 Å². The molecule has 3 aromatic rings. The minimum Gasteiger partial charge on any atom is -0.478 e. The molecule has 3 N–H and O–H groups in total. The molecule has 0 aliphatic heterocycles. The van der Waals surface area contributed by atoms with Gasteiger partial charge in [-0.05, 0) is 72.6 Å². The van der Waals surface area contributed by atoms with Crippen LogP contribution in [0.2, 0.25) is 0 Å². The number of anilines is 1. The van der Waals surface area contributed by atoms with Gasteiger partial charge in [0.25, 0.3) is 0 Å². The van der Waals surface area contributed by atoms with Crippen LogP contribution in [0.1, 0.15) is 44.4 Å². The van der Waals surface area contributed by atoms with Gasteiger partial charge in [-0.1, -0.05) is 38.1 Å². The molecule has 0 unspecified atom stereocenters. The molecule has 33 heavy (non-hydrogen) atoms. The zero-order chi connectivity index (χ0) is 23.2. The summed E-state index contributed by atoms with van der Waals surface area (Å²) in [5.41, 5.74) is 7.34. The highest BCUT2D eigenvalue weighted by Gasteiger charge is 2.34. The van der Waals surface area contributed by atoms with E-state index in [1.54, 1.807) is 0 Å². The summed E-state index contributed by atoms with van der Waals surface area (Å²) in [7, 11) is 0. The Morgan fingerprint density at radius 2 is 1.91 bits per heavy atom. The highest BCUT2D eigenvalue weighted by atomic mass is 16.4. The molecule has 1 heterocycles. The lowest BCUT2D eigenvalue weighted by Crippen LogP contribution is -2.18. The van der Waals surface area contributed by atoms with Crippen molar-refractivity contribution in [1.29, 1.82) is 5.41 Å². The van der Waals surface area contributed by atoms with Crippen LogP contribution in [-0.4, -0.2) is 27.1 Å². The average Bonchev–Trinajstić information content (AvgIpc) is 3.48. The number of carboxylic acids is 1. The van der Waals surface area contributed by atoms with Crippen LogP contribution in [0, 0.1) is 11.3 Å². The van der Waals surface area contributed by atoms with Crippen molar-refractivity contribution in [2.24, 2.45) is 5.92 Å². The Labute approximate surface area is 193 Å². The molecule has 1 saturated carbocycles. The van der Waals surface area contributed by atoms with Crippen molar-refractivity contribution < 1.29 is 9.90 Å². The van der Waals surface area contributed by atoms with Crippen LogP contribution in [-0.2, 0) is 16.6 Å². The summed E-state index contributed by atoms with van der Waals surface area (Å²) in [6.07, 6.45) is 7.02. The summed E-state index contributed by atoms with van der Waals surface area (Å²) in [4.78, 5) is 11.6. The first kappa shape index (κ1) is 21.2. The van der Waals surface area contributed by atoms with E-state index in [1.807, 2.05) is 30.5 Å². The quantitative estimate of drug-likeness (QED) is 0.331. The average molecular weight is 441 g/mol. The Hall–Kier alpha value is -3.67. The van der Waals surface area contributed by atoms with E-state index in [9.17, 15) is 9.90 Å². The number of aryl methyl sites for hydroxylation is 1. The first-order chi connectivity index (χ1) is 15.9. The highest BCUT2D eigenvalue weighted by Crippen LogP contribution is 2.40. The number of allylic oxidation sites excluding steroid dienone is 1. The van der Waals surface area contributed by atoms with Gasteiger partial charge in [-0.2, -0.15) is 5.10 Å². The van der Waals surface area contributed by atoms with Crippen LogP contribution < -0.4 is 5.32 Å². The summed E-state index contributed by atoms with van der Waals surface area (Å²) in [6, 6.07) is 16.3. The number of nitrogens with zero attached hydrogens (tertiary/aromatic N) is 2. The smallest absolute Gasteiger partial charge is 0.339 e. The molecular formula is C27H28N4O2. The molecule has 0 amide bonds. The lowest BCUT2D eigenvalue weighted by atomic mass is 9.90. The predicted octanol–water partition coefficient (Wildman–Crippen LogP) is 5.57. The number of rotatable bonds is 7. The van der Waals surface area contributed by atoms with Gasteiger partial charge in [0, 0.05) is 23.0 Å². The zero-order valence-corrected chi connectivity index (χ0v) is 18.9. The van der Waals surface area contributed by atoms with Gasteiger partial charge in [0.05, 0.1) is 23.2 Å². The van der Waals surface area contributed by atoms with Gasteiger partial charge in [0.1, 0.15) is 0 Å². The van der Waals surface area contributed by atoms with Crippen LogP contribution in [0.15, 0.2) is 66.0 Å². The maximum absolute atomic E-state index is 11.6. The van der Waals surface area contributed by atoms with Gasteiger partial charge in [-0.25, -0.2) is 9.48 Å². The molecule has 2 aliphatic carbocycles. The van der Waals surface area contributed by atoms with E-state index in [-0.39, 0.29) is 16.9 Å². The van der Waals surface area contributed by atoms with Crippen LogP contribution in [0.5, 0.6) is 0 Å². The summed E-state index contributed by atoms with van der Waals surface area (Å²) in [6.45, 7) is 4.56. The van der Waals surface area contributed by atoms with Crippen LogP contribution in [0.25, 0.3) is 16.8 Å². The third-order valence-electron chi connectivity index (χ3n) is 6.72. The van der Waals surface area contributed by atoms with Crippen molar-refractivity contribution >= 4 is 17.9 Å². The van der Waals surface area contributed by atoms with Gasteiger partial charge >= 0.3 is 5.97 Å². The molecule has 1 aromatic heterocycles. The lowest BCUT2D eigenvalue weighted by Gasteiger charge is -2.21. The number of hydrogen-bond donors (Lipinski definition) is 3. The third kappa shape index (κ3) is 3.97. The topological polar surface area (TPSA) is 91.0 Å². The second kappa shape index (κ2) is 8.03. The number of benzene rings is 2. The second-order valence-corrected chi connectivity index (χ2v) is 9.62. The zero-order valence-electron chi connectivity index (χ0n) is 18.9. The molecule has 2 aromatic carbocycles. The molecule has 0 bridgehead atoms.